The summed E-state index contributed by atoms with van der Waals surface area (Å²) >= 11 is 0. The summed E-state index contributed by atoms with van der Waals surface area (Å²) < 4.78 is 21.7. The summed E-state index contributed by atoms with van der Waals surface area (Å²) in [7, 11) is 0. The quantitative estimate of drug-likeness (QED) is 0.817. The average molecular weight is 395 g/mol. The summed E-state index contributed by atoms with van der Waals surface area (Å²) in [5.41, 5.74) is -0.328. The standard InChI is InChI=1S/C19H23FN4O2.ClH/c20-16-13-14(5-6-17(16)26-15-3-1-4-15)23-18(25)19(7-10-21-11-8-19)24-12-2-9-22-24;/h2,5-6,9,12-13,15,21H,1,3-4,7-8,10-11H2,(H,23,25);1H. The van der Waals surface area contributed by atoms with Gasteiger partial charge in [0.15, 0.2) is 11.6 Å². The van der Waals surface area contributed by atoms with Gasteiger partial charge in [-0.1, -0.05) is 0 Å². The highest BCUT2D eigenvalue weighted by Gasteiger charge is 2.42. The smallest absolute Gasteiger partial charge is 0.252 e. The van der Waals surface area contributed by atoms with Crippen LogP contribution in [0.3, 0.4) is 0 Å². The second kappa shape index (κ2) is 8.27. The van der Waals surface area contributed by atoms with Crippen molar-refractivity contribution in [3.05, 3.63) is 42.5 Å². The van der Waals surface area contributed by atoms with Gasteiger partial charge in [0.1, 0.15) is 5.54 Å². The zero-order chi connectivity index (χ0) is 18.0. The zero-order valence-electron chi connectivity index (χ0n) is 15.0. The Balaban J connectivity index is 0.00000210. The van der Waals surface area contributed by atoms with Crippen LogP contribution >= 0.6 is 12.4 Å². The van der Waals surface area contributed by atoms with Gasteiger partial charge < -0.3 is 15.4 Å². The second-order valence-corrected chi connectivity index (χ2v) is 7.00. The van der Waals surface area contributed by atoms with Crippen molar-refractivity contribution < 1.29 is 13.9 Å². The molecule has 0 unspecified atom stereocenters. The maximum absolute atomic E-state index is 14.3. The Labute approximate surface area is 163 Å². The molecular weight excluding hydrogens is 371 g/mol. The molecule has 2 fully saturated rings. The van der Waals surface area contributed by atoms with E-state index in [-0.39, 0.29) is 30.2 Å². The molecule has 4 rings (SSSR count). The summed E-state index contributed by atoms with van der Waals surface area (Å²) in [4.78, 5) is 13.1. The van der Waals surface area contributed by atoms with Crippen molar-refractivity contribution in [2.75, 3.05) is 18.4 Å². The van der Waals surface area contributed by atoms with Crippen LogP contribution in [-0.2, 0) is 10.3 Å². The first kappa shape index (κ1) is 19.6. The van der Waals surface area contributed by atoms with Crippen LogP contribution in [0.25, 0.3) is 0 Å². The van der Waals surface area contributed by atoms with Gasteiger partial charge in [-0.3, -0.25) is 9.48 Å². The molecule has 1 aromatic heterocycles. The number of carbonyl (C=O) groups excluding carboxylic acids is 1. The van der Waals surface area contributed by atoms with Gasteiger partial charge in [0.2, 0.25) is 0 Å². The van der Waals surface area contributed by atoms with E-state index in [2.05, 4.69) is 15.7 Å². The highest BCUT2D eigenvalue weighted by Crippen LogP contribution is 2.31. The number of nitrogens with zero attached hydrogens (tertiary/aromatic N) is 2. The Bertz CT molecular complexity index is 774. The molecule has 1 aliphatic carbocycles. The molecule has 1 aromatic carbocycles. The first-order chi connectivity index (χ1) is 12.7. The third-order valence-corrected chi connectivity index (χ3v) is 5.33. The minimum atomic E-state index is -0.758. The Kier molecular flexibility index (Phi) is 6.01. The van der Waals surface area contributed by atoms with E-state index in [1.807, 2.05) is 6.07 Å². The fourth-order valence-electron chi connectivity index (χ4n) is 3.51. The van der Waals surface area contributed by atoms with Gasteiger partial charge in [0.25, 0.3) is 5.91 Å². The SMILES string of the molecule is Cl.O=C(Nc1ccc(OC2CCC2)c(F)c1)C1(n2cccn2)CCNCC1. The van der Waals surface area contributed by atoms with Gasteiger partial charge in [-0.2, -0.15) is 5.10 Å². The van der Waals surface area contributed by atoms with E-state index in [4.69, 9.17) is 4.74 Å². The summed E-state index contributed by atoms with van der Waals surface area (Å²) in [6.45, 7) is 1.46. The van der Waals surface area contributed by atoms with E-state index in [9.17, 15) is 9.18 Å². The van der Waals surface area contributed by atoms with E-state index >= 15 is 0 Å². The van der Waals surface area contributed by atoms with E-state index in [0.717, 1.165) is 32.4 Å². The van der Waals surface area contributed by atoms with Crippen molar-refractivity contribution >= 4 is 24.0 Å². The molecular formula is C19H24ClFN4O2. The number of rotatable bonds is 5. The Morgan fingerprint density at radius 1 is 1.33 bits per heavy atom. The lowest BCUT2D eigenvalue weighted by atomic mass is 9.87. The molecule has 0 atom stereocenters. The molecule has 2 N–H and O–H groups in total. The second-order valence-electron chi connectivity index (χ2n) is 7.00. The molecule has 2 aliphatic rings. The van der Waals surface area contributed by atoms with E-state index in [1.165, 1.54) is 6.07 Å². The Morgan fingerprint density at radius 2 is 2.11 bits per heavy atom. The van der Waals surface area contributed by atoms with Crippen LogP contribution in [0.2, 0.25) is 0 Å². The summed E-state index contributed by atoms with van der Waals surface area (Å²) in [6.07, 6.45) is 7.92. The molecule has 8 heteroatoms. The highest BCUT2D eigenvalue weighted by molar-refractivity contribution is 5.96. The molecule has 2 heterocycles. The molecule has 1 amide bonds. The molecule has 1 saturated heterocycles. The zero-order valence-corrected chi connectivity index (χ0v) is 15.8. The van der Waals surface area contributed by atoms with E-state index in [0.29, 0.717) is 18.5 Å². The van der Waals surface area contributed by atoms with Crippen LogP contribution in [0.1, 0.15) is 32.1 Å². The predicted molar refractivity (Wildman–Crippen MR) is 103 cm³/mol. The largest absolute Gasteiger partial charge is 0.487 e. The Hall–Kier alpha value is -2.12. The summed E-state index contributed by atoms with van der Waals surface area (Å²) in [5.74, 6) is -0.376. The lowest BCUT2D eigenvalue weighted by Gasteiger charge is -2.36. The Morgan fingerprint density at radius 3 is 2.70 bits per heavy atom. The third-order valence-electron chi connectivity index (χ3n) is 5.33. The number of anilines is 1. The van der Waals surface area contributed by atoms with Gasteiger partial charge in [-0.05, 0) is 63.4 Å². The fourth-order valence-corrected chi connectivity index (χ4v) is 3.51. The normalized spacial score (nSPS) is 18.9. The minimum absolute atomic E-state index is 0. The van der Waals surface area contributed by atoms with E-state index < -0.39 is 11.4 Å². The average Bonchev–Trinajstić information content (AvgIpc) is 3.15. The number of aromatic nitrogens is 2. The monoisotopic (exact) mass is 394 g/mol. The number of hydrogen-bond donors (Lipinski definition) is 2. The molecule has 0 spiro atoms. The lowest BCUT2D eigenvalue weighted by molar-refractivity contribution is -0.126. The molecule has 6 nitrogen and oxygen atoms in total. The van der Waals surface area contributed by atoms with Crippen LogP contribution in [0, 0.1) is 5.82 Å². The van der Waals surface area contributed by atoms with Crippen molar-refractivity contribution in [2.45, 2.75) is 43.7 Å². The maximum Gasteiger partial charge on any atom is 0.252 e. The van der Waals surface area contributed by atoms with Gasteiger partial charge in [-0.25, -0.2) is 4.39 Å². The first-order valence-electron chi connectivity index (χ1n) is 9.16. The van der Waals surface area contributed by atoms with Gasteiger partial charge in [0, 0.05) is 24.1 Å². The fraction of sp³-hybridized carbons (Fsp3) is 0.474. The number of benzene rings is 1. The van der Waals surface area contributed by atoms with Crippen LogP contribution in [-0.4, -0.2) is 34.9 Å². The molecule has 146 valence electrons. The molecule has 1 saturated carbocycles. The molecule has 0 bridgehead atoms. The van der Waals surface area contributed by atoms with Gasteiger partial charge in [-0.15, -0.1) is 12.4 Å². The van der Waals surface area contributed by atoms with Crippen molar-refractivity contribution in [1.82, 2.24) is 15.1 Å². The van der Waals surface area contributed by atoms with Crippen molar-refractivity contribution in [1.29, 1.82) is 0 Å². The lowest BCUT2D eigenvalue weighted by Crippen LogP contribution is -2.52. The number of carbonyl (C=O) groups is 1. The number of halogens is 2. The van der Waals surface area contributed by atoms with Crippen LogP contribution in [0.15, 0.2) is 36.7 Å². The summed E-state index contributed by atoms with van der Waals surface area (Å²) in [5, 5.41) is 10.4. The molecule has 2 aromatic rings. The van der Waals surface area contributed by atoms with Gasteiger partial charge >= 0.3 is 0 Å². The molecule has 0 radical (unpaired) electrons. The molecule has 27 heavy (non-hydrogen) atoms. The van der Waals surface area contributed by atoms with Crippen LogP contribution in [0.5, 0.6) is 5.75 Å². The number of ether oxygens (including phenoxy) is 1. The van der Waals surface area contributed by atoms with Crippen LogP contribution in [0.4, 0.5) is 10.1 Å². The van der Waals surface area contributed by atoms with E-state index in [1.54, 1.807) is 29.2 Å². The number of nitrogens with one attached hydrogen (secondary N) is 2. The maximum atomic E-state index is 14.3. The van der Waals surface area contributed by atoms with Crippen molar-refractivity contribution in [2.24, 2.45) is 0 Å². The highest BCUT2D eigenvalue weighted by atomic mass is 35.5. The number of piperidine rings is 1. The van der Waals surface area contributed by atoms with Crippen LogP contribution < -0.4 is 15.4 Å². The predicted octanol–water partition coefficient (Wildman–Crippen LogP) is 3.09. The number of hydrogen-bond acceptors (Lipinski definition) is 4. The van der Waals surface area contributed by atoms with Gasteiger partial charge in [0.05, 0.1) is 6.10 Å². The first-order valence-corrected chi connectivity index (χ1v) is 9.16. The van der Waals surface area contributed by atoms with Crippen molar-refractivity contribution in [3.63, 3.8) is 0 Å². The van der Waals surface area contributed by atoms with Crippen molar-refractivity contribution in [3.8, 4) is 5.75 Å². The topological polar surface area (TPSA) is 68.2 Å². The minimum Gasteiger partial charge on any atom is -0.487 e. The summed E-state index contributed by atoms with van der Waals surface area (Å²) in [6, 6.07) is 6.41. The third kappa shape index (κ3) is 3.94. The molecule has 1 aliphatic heterocycles. The number of amides is 1.